The largest absolute Gasteiger partial charge is 0.481 e. The fraction of sp³-hybridized carbons (Fsp3) is 0.613. The number of nitrogens with one attached hydrogen (secondary N) is 7. The lowest BCUT2D eigenvalue weighted by atomic mass is 9.74. The number of hydrogen-bond donors (Lipinski definition) is 11. The van der Waals surface area contributed by atoms with E-state index in [-0.39, 0.29) is 18.9 Å². The maximum Gasteiger partial charge on any atom is 0.309 e. The summed E-state index contributed by atoms with van der Waals surface area (Å²) in [5.41, 5.74) is -0.882. The highest BCUT2D eigenvalue weighted by Gasteiger charge is 2.40. The Balaban J connectivity index is 0. The fourth-order valence-corrected chi connectivity index (χ4v) is 5.37. The molecule has 0 aliphatic rings. The summed E-state index contributed by atoms with van der Waals surface area (Å²) >= 11 is 3.82. The van der Waals surface area contributed by atoms with Gasteiger partial charge in [-0.05, 0) is 51.0 Å². The predicted molar refractivity (Wildman–Crippen MR) is 212 cm³/mol. The van der Waals surface area contributed by atoms with E-state index in [4.69, 9.17) is 13.3 Å². The van der Waals surface area contributed by atoms with E-state index in [0.29, 0.717) is 5.56 Å². The maximum absolute atomic E-state index is 12.6. The molecular weight excluding hydrogens is 791 g/mol. The number of amides is 5. The second-order valence-electron chi connectivity index (χ2n) is 12.7. The fourth-order valence-electron chi connectivity index (χ4n) is 4.14. The van der Waals surface area contributed by atoms with Crippen molar-refractivity contribution >= 4 is 87.2 Å². The number of unbranched alkanes of at least 4 members (excludes halogenated alkanes) is 1. The number of carboxylic acids is 1. The van der Waals surface area contributed by atoms with Crippen LogP contribution in [0.2, 0.25) is 0 Å². The lowest BCUT2D eigenvalue weighted by Gasteiger charge is -2.32. The average Bonchev–Trinajstić information content (AvgIpc) is 3.06. The predicted octanol–water partition coefficient (Wildman–Crippen LogP) is 0.413. The van der Waals surface area contributed by atoms with Gasteiger partial charge in [-0.1, -0.05) is 52.0 Å². The molecule has 5 amide bonds. The van der Waals surface area contributed by atoms with Crippen LogP contribution in [0.25, 0.3) is 0 Å². The number of benzene rings is 1. The summed E-state index contributed by atoms with van der Waals surface area (Å²) in [5, 5.41) is 24.2. The lowest BCUT2D eigenvalue weighted by Crippen LogP contribution is -2.55. The highest BCUT2D eigenvalue weighted by molar-refractivity contribution is 8.06. The molecule has 0 radical (unpaired) electrons. The molecule has 310 valence electrons. The molecule has 0 aliphatic heterocycles. The zero-order chi connectivity index (χ0) is 42.1. The Kier molecular flexibility index (Phi) is 26.5. The number of carboxylic acid groups (broad SMARTS) is 1. The van der Waals surface area contributed by atoms with Crippen molar-refractivity contribution in [3.63, 3.8) is 0 Å². The van der Waals surface area contributed by atoms with Crippen LogP contribution in [0.4, 0.5) is 5.69 Å². The first kappa shape index (κ1) is 52.6. The van der Waals surface area contributed by atoms with E-state index < -0.39 is 80.0 Å². The van der Waals surface area contributed by atoms with Gasteiger partial charge in [-0.25, -0.2) is 8.34 Å². The number of carbonyl (C=O) groups excluding carboxylic acids is 5. The normalized spacial score (nSPS) is 12.2. The number of likely N-dealkylation sites (N-methyl/N-ethyl adjacent to an activating group) is 1. The Hall–Kier alpha value is -3.48. The molecule has 0 saturated carbocycles. The Labute approximate surface area is 329 Å². The number of carbonyl (C=O) groups is 6. The minimum absolute atomic E-state index is 0.00479. The third-order valence-electron chi connectivity index (χ3n) is 6.79. The van der Waals surface area contributed by atoms with Gasteiger partial charge >= 0.3 is 5.97 Å². The van der Waals surface area contributed by atoms with E-state index in [2.05, 4.69) is 55.8 Å². The summed E-state index contributed by atoms with van der Waals surface area (Å²) in [5.74, 6) is -4.53. The van der Waals surface area contributed by atoms with Crippen LogP contribution in [0.3, 0.4) is 0 Å². The van der Waals surface area contributed by atoms with Gasteiger partial charge in [0.05, 0.1) is 18.5 Å². The molecule has 0 fully saturated rings. The van der Waals surface area contributed by atoms with E-state index in [1.54, 1.807) is 0 Å². The number of thiol groups is 1. The summed E-state index contributed by atoms with van der Waals surface area (Å²) in [7, 11) is -3.34. The Morgan fingerprint density at radius 2 is 1.48 bits per heavy atom. The van der Waals surface area contributed by atoms with Gasteiger partial charge in [0.25, 0.3) is 16.0 Å². The van der Waals surface area contributed by atoms with E-state index in [1.165, 1.54) is 52.9 Å². The van der Waals surface area contributed by atoms with Crippen LogP contribution in [-0.2, 0) is 45.2 Å². The van der Waals surface area contributed by atoms with E-state index >= 15 is 0 Å². The molecule has 10 N–H and O–H groups in total. The summed E-state index contributed by atoms with van der Waals surface area (Å²) in [6.45, 7) is 8.38. The van der Waals surface area contributed by atoms with E-state index in [0.717, 1.165) is 37.4 Å². The Bertz CT molecular complexity index is 1490. The Morgan fingerprint density at radius 3 is 1.96 bits per heavy atom. The van der Waals surface area contributed by atoms with Crippen molar-refractivity contribution < 1.29 is 55.6 Å². The molecule has 0 bridgehead atoms. The monoisotopic (exact) mass is 845 g/mol. The van der Waals surface area contributed by atoms with Crippen LogP contribution < -0.4 is 36.0 Å². The van der Waals surface area contributed by atoms with Crippen LogP contribution >= 0.6 is 24.8 Å². The van der Waals surface area contributed by atoms with E-state index in [1.807, 2.05) is 24.3 Å². The molecule has 2 unspecified atom stereocenters. The summed E-state index contributed by atoms with van der Waals surface area (Å²) in [6, 6.07) is 5.78. The van der Waals surface area contributed by atoms with Crippen molar-refractivity contribution in [2.45, 2.75) is 59.9 Å². The van der Waals surface area contributed by atoms with Crippen molar-refractivity contribution in [2.24, 2.45) is 10.8 Å². The van der Waals surface area contributed by atoms with Crippen molar-refractivity contribution in [2.75, 3.05) is 56.3 Å². The molecule has 0 saturated heterocycles. The van der Waals surface area contributed by atoms with Crippen molar-refractivity contribution in [1.29, 1.82) is 0 Å². The van der Waals surface area contributed by atoms with Crippen LogP contribution in [0, 0.1) is 10.8 Å². The molecule has 19 nitrogen and oxygen atoms in total. The second-order valence-corrected chi connectivity index (χ2v) is 16.4. The molecule has 1 rings (SSSR count). The molecule has 1 aromatic rings. The summed E-state index contributed by atoms with van der Waals surface area (Å²) in [6.07, 6.45) is 3.16. The zero-order valence-electron chi connectivity index (χ0n) is 31.4. The second kappa shape index (κ2) is 27.2. The van der Waals surface area contributed by atoms with Crippen LogP contribution in [0.5, 0.6) is 0 Å². The number of hydrogen-bond acceptors (Lipinski definition) is 13. The minimum atomic E-state index is -4.69. The highest BCUT2D eigenvalue weighted by Crippen LogP contribution is 2.34. The van der Waals surface area contributed by atoms with Crippen molar-refractivity contribution in [3.05, 3.63) is 29.8 Å². The number of anilines is 1. The summed E-state index contributed by atoms with van der Waals surface area (Å²) < 4.78 is 51.0. The summed E-state index contributed by atoms with van der Waals surface area (Å²) in [4.78, 5) is 70.8. The highest BCUT2D eigenvalue weighted by atomic mass is 32.2. The van der Waals surface area contributed by atoms with Crippen molar-refractivity contribution in [3.8, 4) is 0 Å². The molecule has 0 aliphatic carbocycles. The molecule has 1 aromatic carbocycles. The molecule has 54 heavy (non-hydrogen) atoms. The van der Waals surface area contributed by atoms with Crippen LogP contribution in [0.15, 0.2) is 24.3 Å². The smallest absolute Gasteiger partial charge is 0.309 e. The van der Waals surface area contributed by atoms with Crippen LogP contribution in [0.1, 0.15) is 64.2 Å². The van der Waals surface area contributed by atoms with Gasteiger partial charge in [-0.2, -0.15) is 8.42 Å². The molecule has 0 heterocycles. The van der Waals surface area contributed by atoms with Crippen molar-refractivity contribution in [1.82, 2.24) is 30.7 Å². The average molecular weight is 846 g/mol. The first-order chi connectivity index (χ1) is 24.9. The number of rotatable bonds is 21. The standard InChI is InChI=1S/C17H30N4O9S.C13H21N3OS2.CH4O2S/c1-16(2,9-17(3,4)15(26)27)14(25)21-10(8-31(28,29)30)13(24)20-7-12(23)19-6-11(22)18-5;1-2-3-8-15-13(17)11-4-6-12(7-5-11)14-9-10-19-16-18;1-4(2)3/h10H,6-9H2,1-5H3,(H,18,22)(H,19,23)(H,20,24)(H,21,25)(H,26,27)(H,28,29,30);4-7,14,16,18H,2-3,8-10H2,1H3,(H,15,17);1H3,(H,2,3). The lowest BCUT2D eigenvalue weighted by molar-refractivity contribution is -0.150. The molecule has 2 atom stereocenters. The van der Waals surface area contributed by atoms with Gasteiger partial charge < -0.3 is 41.6 Å². The van der Waals surface area contributed by atoms with Gasteiger partial charge in [0.2, 0.25) is 23.6 Å². The molecular formula is C31H55N7O12S4. The van der Waals surface area contributed by atoms with Gasteiger partial charge in [0, 0.05) is 48.8 Å². The SMILES string of the molecule is CCCCNC(=O)c1ccc(NCCSNS)cc1.CNC(=O)CNC(=O)CNC(=O)C(CS(=O)(=O)O)NC(=O)C(C)(C)CC(C)(C)C(=O)O.CS(=O)O. The van der Waals surface area contributed by atoms with Gasteiger partial charge in [-0.3, -0.25) is 33.3 Å². The molecule has 23 heteroatoms. The molecule has 0 aromatic heterocycles. The topological polar surface area (TPSA) is 299 Å². The maximum atomic E-state index is 12.6. The third-order valence-corrected chi connectivity index (χ3v) is 8.46. The first-order valence-corrected chi connectivity index (χ1v) is 20.9. The van der Waals surface area contributed by atoms with Gasteiger partial charge in [0.15, 0.2) is 0 Å². The minimum Gasteiger partial charge on any atom is -0.481 e. The number of aliphatic carboxylic acids is 1. The third kappa shape index (κ3) is 26.3. The van der Waals surface area contributed by atoms with Gasteiger partial charge in [-0.15, -0.1) is 0 Å². The van der Waals surface area contributed by atoms with Gasteiger partial charge in [0.1, 0.15) is 22.9 Å². The van der Waals surface area contributed by atoms with Crippen LogP contribution in [-0.4, -0.2) is 119 Å². The zero-order valence-corrected chi connectivity index (χ0v) is 34.8. The Morgan fingerprint density at radius 1 is 0.926 bits per heavy atom. The quantitative estimate of drug-likeness (QED) is 0.0263. The van der Waals surface area contributed by atoms with E-state index in [9.17, 15) is 42.3 Å². The first-order valence-electron chi connectivity index (χ1n) is 16.3. The molecule has 0 spiro atoms.